The molecule has 10 rings (SSSR count). The molecule has 7 aromatic rings. The van der Waals surface area contributed by atoms with E-state index in [0.717, 1.165) is 0 Å². The van der Waals surface area contributed by atoms with E-state index in [9.17, 15) is 0 Å². The number of hydrogen-bond donors (Lipinski definition) is 0. The Kier molecular flexibility index (Phi) is 4.94. The number of benzene rings is 6. The van der Waals surface area contributed by atoms with Crippen molar-refractivity contribution in [3.05, 3.63) is 161 Å². The molecule has 0 bridgehead atoms. The zero-order chi connectivity index (χ0) is 32.1. The Morgan fingerprint density at radius 2 is 0.872 bits per heavy atom. The van der Waals surface area contributed by atoms with Crippen LogP contribution in [0.25, 0.3) is 49.7 Å². The second-order valence-corrected chi connectivity index (χ2v) is 15.8. The molecule has 0 aliphatic heterocycles. The Labute approximate surface area is 277 Å². The predicted octanol–water partition coefficient (Wildman–Crippen LogP) is 11.7. The molecular formula is C46H39N. The van der Waals surface area contributed by atoms with Crippen LogP contribution in [0.5, 0.6) is 0 Å². The summed E-state index contributed by atoms with van der Waals surface area (Å²) in [7, 11) is 0. The van der Waals surface area contributed by atoms with Gasteiger partial charge in [0.05, 0.1) is 16.4 Å². The maximum absolute atomic E-state index is 2.54. The van der Waals surface area contributed by atoms with Crippen molar-refractivity contribution in [3.63, 3.8) is 0 Å². The Bertz CT molecular complexity index is 2430. The van der Waals surface area contributed by atoms with Gasteiger partial charge in [-0.2, -0.15) is 0 Å². The van der Waals surface area contributed by atoms with E-state index in [1.807, 2.05) is 0 Å². The summed E-state index contributed by atoms with van der Waals surface area (Å²) in [6.45, 7) is 14.7. The smallest absolute Gasteiger partial charge is 0.0726 e. The molecule has 3 aliphatic carbocycles. The molecule has 1 aromatic heterocycles. The molecule has 228 valence electrons. The molecule has 0 atom stereocenters. The summed E-state index contributed by atoms with van der Waals surface area (Å²) in [5, 5.41) is 2.66. The van der Waals surface area contributed by atoms with Crippen molar-refractivity contribution < 1.29 is 0 Å². The summed E-state index contributed by atoms with van der Waals surface area (Å²) in [5.74, 6) is 0. The molecule has 0 saturated carbocycles. The minimum Gasteiger partial charge on any atom is -0.309 e. The van der Waals surface area contributed by atoms with Gasteiger partial charge in [-0.05, 0) is 102 Å². The number of fused-ring (bicyclic) bond motifs is 14. The van der Waals surface area contributed by atoms with Gasteiger partial charge in [0, 0.05) is 16.5 Å². The highest BCUT2D eigenvalue weighted by Crippen LogP contribution is 2.64. The summed E-state index contributed by atoms with van der Waals surface area (Å²) in [4.78, 5) is 0. The van der Waals surface area contributed by atoms with Crippen molar-refractivity contribution in [3.8, 4) is 27.9 Å². The number of rotatable bonds is 1. The number of aromatic nitrogens is 1. The summed E-state index contributed by atoms with van der Waals surface area (Å²) in [6.07, 6.45) is 0. The fraction of sp³-hybridized carbons (Fsp3) is 0.217. The first kappa shape index (κ1) is 27.3. The second-order valence-electron chi connectivity index (χ2n) is 15.8. The van der Waals surface area contributed by atoms with Crippen LogP contribution in [0.15, 0.2) is 127 Å². The number of nitrogens with zero attached hydrogens (tertiary/aromatic N) is 1. The fourth-order valence-corrected chi connectivity index (χ4v) is 10.0. The van der Waals surface area contributed by atoms with Gasteiger partial charge in [0.2, 0.25) is 0 Å². The maximum Gasteiger partial charge on any atom is 0.0726 e. The zero-order valence-electron chi connectivity index (χ0n) is 28.1. The lowest BCUT2D eigenvalue weighted by molar-refractivity contribution is 0.125. The van der Waals surface area contributed by atoms with Gasteiger partial charge in [0.1, 0.15) is 0 Å². The highest BCUT2D eigenvalue weighted by atomic mass is 15.0. The third-order valence-corrected chi connectivity index (χ3v) is 13.5. The second kappa shape index (κ2) is 8.52. The van der Waals surface area contributed by atoms with E-state index < -0.39 is 0 Å². The van der Waals surface area contributed by atoms with Crippen LogP contribution in [-0.4, -0.2) is 4.57 Å². The van der Waals surface area contributed by atoms with Crippen LogP contribution >= 0.6 is 0 Å². The van der Waals surface area contributed by atoms with E-state index in [1.54, 1.807) is 0 Å². The highest BCUT2D eigenvalue weighted by Gasteiger charge is 2.57. The molecule has 1 heteroatoms. The number of hydrogen-bond acceptors (Lipinski definition) is 0. The predicted molar refractivity (Wildman–Crippen MR) is 197 cm³/mol. The Morgan fingerprint density at radius 3 is 1.47 bits per heavy atom. The monoisotopic (exact) mass is 605 g/mol. The number of para-hydroxylation sites is 1. The average molecular weight is 606 g/mol. The normalized spacial score (nSPS) is 18.3. The first-order valence-corrected chi connectivity index (χ1v) is 17.1. The van der Waals surface area contributed by atoms with E-state index in [0.29, 0.717) is 0 Å². The van der Waals surface area contributed by atoms with E-state index in [-0.39, 0.29) is 21.7 Å². The molecule has 0 fully saturated rings. The van der Waals surface area contributed by atoms with Crippen LogP contribution in [-0.2, 0) is 16.2 Å². The average Bonchev–Trinajstić information content (AvgIpc) is 3.71. The van der Waals surface area contributed by atoms with Crippen LogP contribution in [0.1, 0.15) is 74.9 Å². The maximum atomic E-state index is 2.54. The van der Waals surface area contributed by atoms with E-state index in [4.69, 9.17) is 0 Å². The van der Waals surface area contributed by atoms with Crippen molar-refractivity contribution in [1.29, 1.82) is 0 Å². The first-order chi connectivity index (χ1) is 22.6. The minimum absolute atomic E-state index is 0.0300. The molecule has 0 unspecified atom stereocenters. The van der Waals surface area contributed by atoms with Crippen LogP contribution in [0.4, 0.5) is 0 Å². The molecule has 47 heavy (non-hydrogen) atoms. The van der Waals surface area contributed by atoms with Gasteiger partial charge in [0.15, 0.2) is 0 Å². The summed E-state index contributed by atoms with van der Waals surface area (Å²) in [5.41, 5.74) is 17.5. The van der Waals surface area contributed by atoms with Crippen LogP contribution in [0, 0.1) is 5.41 Å². The summed E-state index contributed by atoms with van der Waals surface area (Å²) >= 11 is 0. The van der Waals surface area contributed by atoms with Gasteiger partial charge in [-0.25, -0.2) is 0 Å². The third-order valence-electron chi connectivity index (χ3n) is 13.5. The Morgan fingerprint density at radius 1 is 0.383 bits per heavy atom. The Hall–Kier alpha value is -4.88. The zero-order valence-corrected chi connectivity index (χ0v) is 28.1. The SMILES string of the molecule is CC1(C)c2cc3c4ccccc4n(-c4ccc5c(c4)C4(c6ccccc6-c6ccccc64)c4ccccc4-5)c3cc2C(C)(C)C1(C)C. The lowest BCUT2D eigenvalue weighted by atomic mass is 9.59. The molecule has 1 spiro atoms. The molecule has 6 aromatic carbocycles. The fourth-order valence-electron chi connectivity index (χ4n) is 10.0. The quantitative estimate of drug-likeness (QED) is 0.175. The lowest BCUT2D eigenvalue weighted by Gasteiger charge is -2.44. The summed E-state index contributed by atoms with van der Waals surface area (Å²) < 4.78 is 2.54. The molecule has 0 amide bonds. The van der Waals surface area contributed by atoms with Gasteiger partial charge in [0.25, 0.3) is 0 Å². The van der Waals surface area contributed by atoms with Gasteiger partial charge >= 0.3 is 0 Å². The van der Waals surface area contributed by atoms with Crippen molar-refractivity contribution in [2.45, 2.75) is 57.8 Å². The van der Waals surface area contributed by atoms with Gasteiger partial charge < -0.3 is 4.57 Å². The molecule has 0 saturated heterocycles. The first-order valence-electron chi connectivity index (χ1n) is 17.1. The highest BCUT2D eigenvalue weighted by molar-refractivity contribution is 6.10. The van der Waals surface area contributed by atoms with Crippen LogP contribution < -0.4 is 0 Å². The van der Waals surface area contributed by atoms with Gasteiger partial charge in [-0.15, -0.1) is 0 Å². The van der Waals surface area contributed by atoms with Gasteiger partial charge in [-0.1, -0.05) is 139 Å². The van der Waals surface area contributed by atoms with Crippen LogP contribution in [0.3, 0.4) is 0 Å². The standard InChI is InChI=1S/C46H39N/c1-43(2)39-26-34-33-18-10-14-22-41(33)47(42(34)27-40(39)44(3,4)45(43,5)6)28-23-24-32-31-17-9-13-21-37(31)46(38(32)25-28)35-19-11-7-15-29(35)30-16-8-12-20-36(30)46/h7-27H,1-6H3. The third kappa shape index (κ3) is 2.95. The molecule has 3 aliphatic rings. The minimum atomic E-state index is -0.356. The van der Waals surface area contributed by atoms with Crippen LogP contribution in [0.2, 0.25) is 0 Å². The van der Waals surface area contributed by atoms with Crippen molar-refractivity contribution in [2.24, 2.45) is 5.41 Å². The van der Waals surface area contributed by atoms with E-state index >= 15 is 0 Å². The van der Waals surface area contributed by atoms with Crippen molar-refractivity contribution in [1.82, 2.24) is 4.57 Å². The molecule has 0 N–H and O–H groups in total. The Balaban J connectivity index is 1.31. The molecule has 1 nitrogen and oxygen atoms in total. The molecular weight excluding hydrogens is 567 g/mol. The van der Waals surface area contributed by atoms with Gasteiger partial charge in [-0.3, -0.25) is 0 Å². The topological polar surface area (TPSA) is 4.93 Å². The molecule has 0 radical (unpaired) electrons. The van der Waals surface area contributed by atoms with E-state index in [1.165, 1.54) is 83.1 Å². The summed E-state index contributed by atoms with van der Waals surface area (Å²) in [6, 6.07) is 48.6. The molecule has 1 heterocycles. The largest absolute Gasteiger partial charge is 0.309 e. The van der Waals surface area contributed by atoms with Crippen molar-refractivity contribution >= 4 is 21.8 Å². The van der Waals surface area contributed by atoms with Crippen molar-refractivity contribution in [2.75, 3.05) is 0 Å². The van der Waals surface area contributed by atoms with E-state index in [2.05, 4.69) is 174 Å². The lowest BCUT2D eigenvalue weighted by Crippen LogP contribution is -2.42.